The van der Waals surface area contributed by atoms with Gasteiger partial charge < -0.3 is 4.90 Å². The third kappa shape index (κ3) is 3.87. The normalized spacial score (nSPS) is 18.7. The largest absolute Gasteiger partial charge is 0.356 e. The van der Waals surface area contributed by atoms with Gasteiger partial charge in [0.1, 0.15) is 15.8 Å². The number of thiocarbonyl (C=S) groups is 1. The predicted molar refractivity (Wildman–Crippen MR) is 138 cm³/mol. The number of amides is 1. The Morgan fingerprint density at radius 2 is 1.82 bits per heavy atom. The lowest BCUT2D eigenvalue weighted by atomic mass is 10.1. The van der Waals surface area contributed by atoms with Gasteiger partial charge in [-0.2, -0.15) is 0 Å². The molecule has 2 aromatic heterocycles. The average molecular weight is 477 g/mol. The Morgan fingerprint density at radius 3 is 2.55 bits per heavy atom. The average Bonchev–Trinajstić information content (AvgIpc) is 3.44. The number of pyridine rings is 1. The van der Waals surface area contributed by atoms with E-state index in [0.717, 1.165) is 37.1 Å². The summed E-state index contributed by atoms with van der Waals surface area (Å²) in [5.41, 5.74) is 2.85. The van der Waals surface area contributed by atoms with Crippen molar-refractivity contribution in [3.05, 3.63) is 80.6 Å². The van der Waals surface area contributed by atoms with Crippen LogP contribution in [-0.4, -0.2) is 37.6 Å². The lowest BCUT2D eigenvalue weighted by molar-refractivity contribution is -0.123. The molecule has 1 atom stereocenters. The number of benzene rings is 1. The minimum absolute atomic E-state index is 0.174. The van der Waals surface area contributed by atoms with Crippen LogP contribution in [0.15, 0.2) is 58.4 Å². The van der Waals surface area contributed by atoms with E-state index in [-0.39, 0.29) is 17.5 Å². The van der Waals surface area contributed by atoms with Crippen LogP contribution in [-0.2, 0) is 4.79 Å². The molecule has 4 heterocycles. The molecule has 0 N–H and O–H groups in total. The Morgan fingerprint density at radius 1 is 1.09 bits per heavy atom. The Bertz CT molecular complexity index is 1340. The third-order valence-corrected chi connectivity index (χ3v) is 7.57. The highest BCUT2D eigenvalue weighted by molar-refractivity contribution is 8.26. The lowest BCUT2D eigenvalue weighted by Crippen LogP contribution is -2.31. The van der Waals surface area contributed by atoms with Gasteiger partial charge in [-0.05, 0) is 50.0 Å². The highest BCUT2D eigenvalue weighted by Gasteiger charge is 2.36. The number of rotatable bonds is 4. The summed E-state index contributed by atoms with van der Waals surface area (Å²) in [6.07, 6.45) is 5.54. The van der Waals surface area contributed by atoms with Crippen LogP contribution in [0.5, 0.6) is 0 Å². The molecule has 5 rings (SSSR count). The first-order valence-electron chi connectivity index (χ1n) is 11.0. The maximum absolute atomic E-state index is 13.6. The summed E-state index contributed by atoms with van der Waals surface area (Å²) in [6.45, 7) is 5.61. The van der Waals surface area contributed by atoms with Gasteiger partial charge in [-0.25, -0.2) is 4.98 Å². The van der Waals surface area contributed by atoms with Gasteiger partial charge in [0.25, 0.3) is 11.5 Å². The van der Waals surface area contributed by atoms with Crippen molar-refractivity contribution < 1.29 is 4.79 Å². The van der Waals surface area contributed by atoms with Crippen molar-refractivity contribution in [2.45, 2.75) is 32.7 Å². The molecule has 0 radical (unpaired) electrons. The van der Waals surface area contributed by atoms with E-state index in [1.54, 1.807) is 21.6 Å². The van der Waals surface area contributed by atoms with Crippen LogP contribution in [0.3, 0.4) is 0 Å². The summed E-state index contributed by atoms with van der Waals surface area (Å²) in [7, 11) is 0. The number of thioether (sulfide) groups is 1. The number of anilines is 1. The van der Waals surface area contributed by atoms with Crippen molar-refractivity contribution in [1.82, 2.24) is 14.3 Å². The topological polar surface area (TPSA) is 57.9 Å². The fraction of sp³-hybridized carbons (Fsp3) is 0.280. The molecule has 6 nitrogen and oxygen atoms in total. The SMILES string of the molecule is Cc1cccn2c(=O)c(/C=C3/SC(=S)N([C@@H](C)c4ccccc4)C3=O)c(N3CCCC3)nc12. The molecule has 2 aliphatic heterocycles. The molecule has 168 valence electrons. The van der Waals surface area contributed by atoms with E-state index < -0.39 is 0 Å². The van der Waals surface area contributed by atoms with Crippen LogP contribution in [0, 0.1) is 6.92 Å². The number of hydrogen-bond donors (Lipinski definition) is 0. The van der Waals surface area contributed by atoms with Gasteiger partial charge in [-0.1, -0.05) is 60.4 Å². The van der Waals surface area contributed by atoms with Gasteiger partial charge in [0.05, 0.1) is 16.5 Å². The van der Waals surface area contributed by atoms with E-state index in [4.69, 9.17) is 17.2 Å². The zero-order valence-corrected chi connectivity index (χ0v) is 20.2. The second-order valence-corrected chi connectivity index (χ2v) is 10.0. The molecule has 1 amide bonds. The zero-order valence-electron chi connectivity index (χ0n) is 18.5. The molecule has 2 saturated heterocycles. The number of carbonyl (C=O) groups excluding carboxylic acids is 1. The third-order valence-electron chi connectivity index (χ3n) is 6.24. The van der Waals surface area contributed by atoms with Crippen molar-refractivity contribution >= 4 is 51.7 Å². The van der Waals surface area contributed by atoms with Gasteiger partial charge in [0.15, 0.2) is 0 Å². The van der Waals surface area contributed by atoms with Crippen LogP contribution in [0.25, 0.3) is 11.7 Å². The number of carbonyl (C=O) groups is 1. The number of fused-ring (bicyclic) bond motifs is 1. The number of aryl methyl sites for hydroxylation is 1. The maximum atomic E-state index is 13.6. The first-order valence-corrected chi connectivity index (χ1v) is 12.3. The van der Waals surface area contributed by atoms with Gasteiger partial charge in [0.2, 0.25) is 0 Å². The van der Waals surface area contributed by atoms with Crippen molar-refractivity contribution in [3.8, 4) is 0 Å². The lowest BCUT2D eigenvalue weighted by Gasteiger charge is -2.23. The van der Waals surface area contributed by atoms with Crippen molar-refractivity contribution in [2.75, 3.05) is 18.0 Å². The molecule has 0 bridgehead atoms. The molecule has 3 aromatic rings. The van der Waals surface area contributed by atoms with Gasteiger partial charge in [-0.15, -0.1) is 0 Å². The molecule has 1 aromatic carbocycles. The fourth-order valence-corrected chi connectivity index (χ4v) is 5.82. The predicted octanol–water partition coefficient (Wildman–Crippen LogP) is 4.57. The van der Waals surface area contributed by atoms with Gasteiger partial charge in [-0.3, -0.25) is 18.9 Å². The van der Waals surface area contributed by atoms with Gasteiger partial charge in [0, 0.05) is 19.3 Å². The molecule has 8 heteroatoms. The van der Waals surface area contributed by atoms with E-state index in [1.807, 2.05) is 56.3 Å². The quantitative estimate of drug-likeness (QED) is 0.406. The molecule has 0 unspecified atom stereocenters. The summed E-state index contributed by atoms with van der Waals surface area (Å²) in [4.78, 5) is 36.1. The van der Waals surface area contributed by atoms with E-state index in [0.29, 0.717) is 26.3 Å². The molecule has 0 spiro atoms. The second-order valence-electron chi connectivity index (χ2n) is 8.37. The van der Waals surface area contributed by atoms with Crippen LogP contribution in [0.1, 0.15) is 42.5 Å². The van der Waals surface area contributed by atoms with Crippen LogP contribution in [0.4, 0.5) is 5.82 Å². The molecule has 33 heavy (non-hydrogen) atoms. The number of hydrogen-bond acceptors (Lipinski definition) is 6. The number of nitrogens with zero attached hydrogens (tertiary/aromatic N) is 4. The summed E-state index contributed by atoms with van der Waals surface area (Å²) < 4.78 is 2.06. The first-order chi connectivity index (χ1) is 16.0. The van der Waals surface area contributed by atoms with E-state index >= 15 is 0 Å². The van der Waals surface area contributed by atoms with E-state index in [9.17, 15) is 9.59 Å². The van der Waals surface area contributed by atoms with Gasteiger partial charge >= 0.3 is 0 Å². The Balaban J connectivity index is 1.61. The Labute approximate surface area is 201 Å². The Kier molecular flexibility index (Phi) is 5.80. The highest BCUT2D eigenvalue weighted by atomic mass is 32.2. The minimum Gasteiger partial charge on any atom is -0.356 e. The summed E-state index contributed by atoms with van der Waals surface area (Å²) in [5, 5.41) is 0. The van der Waals surface area contributed by atoms with Crippen LogP contribution < -0.4 is 10.5 Å². The first kappa shape index (κ1) is 21.9. The minimum atomic E-state index is -0.193. The maximum Gasteiger partial charge on any atom is 0.267 e. The summed E-state index contributed by atoms with van der Waals surface area (Å²) in [6, 6.07) is 13.4. The van der Waals surface area contributed by atoms with Crippen molar-refractivity contribution in [2.24, 2.45) is 0 Å². The highest BCUT2D eigenvalue weighted by Crippen LogP contribution is 2.38. The molecule has 0 saturated carbocycles. The summed E-state index contributed by atoms with van der Waals surface area (Å²) in [5.74, 6) is 0.468. The molecule has 0 aliphatic carbocycles. The smallest absolute Gasteiger partial charge is 0.267 e. The fourth-order valence-electron chi connectivity index (χ4n) is 4.42. The molecular weight excluding hydrogens is 452 g/mol. The standard InChI is InChI=1S/C25H24N4O2S2/c1-16-9-8-14-28-21(16)26-22(27-12-6-7-13-27)19(23(28)30)15-20-24(31)29(25(32)33-20)17(2)18-10-4-3-5-11-18/h3-5,8-11,14-15,17H,6-7,12-13H2,1-2H3/b20-15+/t17-/m0/s1. The van der Waals surface area contributed by atoms with Crippen molar-refractivity contribution in [3.63, 3.8) is 0 Å². The second kappa shape index (κ2) is 8.76. The molecule has 2 fully saturated rings. The zero-order chi connectivity index (χ0) is 23.1. The van der Waals surface area contributed by atoms with Crippen molar-refractivity contribution in [1.29, 1.82) is 0 Å². The van der Waals surface area contributed by atoms with E-state index in [2.05, 4.69) is 4.90 Å². The monoisotopic (exact) mass is 476 g/mol. The summed E-state index contributed by atoms with van der Waals surface area (Å²) >= 11 is 6.81. The molecular formula is C25H24N4O2S2. The number of aromatic nitrogens is 2. The Hall–Kier alpha value is -2.97. The molecule has 2 aliphatic rings. The van der Waals surface area contributed by atoms with E-state index in [1.165, 1.54) is 11.8 Å². The van der Waals surface area contributed by atoms with Crippen LogP contribution in [0.2, 0.25) is 0 Å². The van der Waals surface area contributed by atoms with Crippen LogP contribution >= 0.6 is 24.0 Å².